The molecule has 2 fully saturated rings. The number of hydrogen-bond donors (Lipinski definition) is 1. The third kappa shape index (κ3) is 2.23. The number of benzene rings is 1. The van der Waals surface area contributed by atoms with Crippen LogP contribution >= 0.6 is 0 Å². The summed E-state index contributed by atoms with van der Waals surface area (Å²) in [5.41, 5.74) is -0.659. The zero-order valence-electron chi connectivity index (χ0n) is 13.7. The lowest BCUT2D eigenvalue weighted by Crippen LogP contribution is -2.53. The van der Waals surface area contributed by atoms with E-state index in [-0.39, 0.29) is 12.5 Å². The average molecular weight is 334 g/mol. The summed E-state index contributed by atoms with van der Waals surface area (Å²) in [6.45, 7) is 3.43. The number of halogens is 1. The zero-order valence-corrected chi connectivity index (χ0v) is 13.7. The molecular weight excluding hydrogens is 315 g/mol. The van der Waals surface area contributed by atoms with E-state index < -0.39 is 41.1 Å². The van der Waals surface area contributed by atoms with Gasteiger partial charge >= 0.3 is 5.97 Å². The normalized spacial score (nSPS) is 32.2. The Kier molecular flexibility index (Phi) is 3.91. The number of carbonyl (C=O) groups excluding carboxylic acids is 3. The van der Waals surface area contributed by atoms with Crippen LogP contribution in [0.4, 0.5) is 4.39 Å². The number of esters is 1. The topological polar surface area (TPSA) is 75.7 Å². The van der Waals surface area contributed by atoms with Crippen molar-refractivity contribution in [3.8, 4) is 0 Å². The van der Waals surface area contributed by atoms with Gasteiger partial charge in [-0.2, -0.15) is 0 Å². The van der Waals surface area contributed by atoms with Crippen LogP contribution in [-0.4, -0.2) is 41.9 Å². The second-order valence-corrected chi connectivity index (χ2v) is 6.34. The minimum atomic E-state index is -1.31. The Balaban J connectivity index is 2.06. The number of hydrogen-bond acceptors (Lipinski definition) is 5. The van der Waals surface area contributed by atoms with E-state index in [4.69, 9.17) is 4.74 Å². The summed E-state index contributed by atoms with van der Waals surface area (Å²) in [5.74, 6) is -3.28. The number of nitrogens with zero attached hydrogens (tertiary/aromatic N) is 1. The summed E-state index contributed by atoms with van der Waals surface area (Å²) in [6, 6.07) is 5.12. The first kappa shape index (κ1) is 16.6. The van der Waals surface area contributed by atoms with Crippen molar-refractivity contribution >= 4 is 17.8 Å². The fourth-order valence-electron chi connectivity index (χ4n) is 3.71. The molecular formula is C17H19FN2O4. The summed E-state index contributed by atoms with van der Waals surface area (Å²) in [4.78, 5) is 38.6. The maximum atomic E-state index is 13.2. The quantitative estimate of drug-likeness (QED) is 0.660. The predicted octanol–water partition coefficient (Wildman–Crippen LogP) is 1.02. The first-order valence-corrected chi connectivity index (χ1v) is 7.83. The molecule has 128 valence electrons. The van der Waals surface area contributed by atoms with Crippen LogP contribution in [0, 0.1) is 17.7 Å². The first-order valence-electron chi connectivity index (χ1n) is 7.83. The SMILES string of the molecule is CCOC(=O)[C@@]1(C)N[C@@H](c2ccc(F)cc2)[C@H]2C(=O)N(C)C(=O)[C@@H]21. The highest BCUT2D eigenvalue weighted by atomic mass is 19.1. The van der Waals surface area contributed by atoms with Gasteiger partial charge in [0, 0.05) is 13.1 Å². The zero-order chi connectivity index (χ0) is 17.6. The summed E-state index contributed by atoms with van der Waals surface area (Å²) in [7, 11) is 1.41. The largest absolute Gasteiger partial charge is 0.465 e. The minimum absolute atomic E-state index is 0.173. The molecule has 2 amide bonds. The Morgan fingerprint density at radius 3 is 2.50 bits per heavy atom. The van der Waals surface area contributed by atoms with Crippen molar-refractivity contribution in [1.82, 2.24) is 10.2 Å². The smallest absolute Gasteiger partial charge is 0.326 e. The third-order valence-electron chi connectivity index (χ3n) is 4.94. The van der Waals surface area contributed by atoms with Gasteiger partial charge in [0.05, 0.1) is 18.4 Å². The third-order valence-corrected chi connectivity index (χ3v) is 4.94. The van der Waals surface area contributed by atoms with Gasteiger partial charge in [0.25, 0.3) is 0 Å². The van der Waals surface area contributed by atoms with Crippen LogP contribution < -0.4 is 5.32 Å². The molecule has 1 N–H and O–H groups in total. The van der Waals surface area contributed by atoms with Crippen molar-refractivity contribution in [1.29, 1.82) is 0 Å². The van der Waals surface area contributed by atoms with Gasteiger partial charge in [0.1, 0.15) is 11.4 Å². The number of likely N-dealkylation sites (tertiary alicyclic amines) is 1. The van der Waals surface area contributed by atoms with Crippen LogP contribution in [0.15, 0.2) is 24.3 Å². The maximum absolute atomic E-state index is 13.2. The van der Waals surface area contributed by atoms with Crippen molar-refractivity contribution in [2.75, 3.05) is 13.7 Å². The number of imide groups is 1. The molecule has 7 heteroatoms. The Hall–Kier alpha value is -2.28. The van der Waals surface area contributed by atoms with E-state index >= 15 is 0 Å². The first-order chi connectivity index (χ1) is 11.3. The Morgan fingerprint density at radius 1 is 1.29 bits per heavy atom. The fraction of sp³-hybridized carbons (Fsp3) is 0.471. The lowest BCUT2D eigenvalue weighted by atomic mass is 9.80. The molecule has 24 heavy (non-hydrogen) atoms. The molecule has 0 aliphatic carbocycles. The molecule has 1 aromatic carbocycles. The van der Waals surface area contributed by atoms with Gasteiger partial charge in [-0.1, -0.05) is 12.1 Å². The van der Waals surface area contributed by atoms with Gasteiger partial charge in [-0.3, -0.25) is 24.6 Å². The summed E-state index contributed by atoms with van der Waals surface area (Å²) in [5, 5.41) is 3.11. The van der Waals surface area contributed by atoms with Crippen molar-refractivity contribution in [3.05, 3.63) is 35.6 Å². The average Bonchev–Trinajstić information content (AvgIpc) is 2.99. The molecule has 6 nitrogen and oxygen atoms in total. The fourth-order valence-corrected chi connectivity index (χ4v) is 3.71. The molecule has 0 unspecified atom stereocenters. The van der Waals surface area contributed by atoms with Crippen molar-refractivity contribution in [3.63, 3.8) is 0 Å². The number of ether oxygens (including phenoxy) is 1. The number of carbonyl (C=O) groups is 3. The lowest BCUT2D eigenvalue weighted by Gasteiger charge is -2.28. The molecule has 2 aliphatic heterocycles. The van der Waals surface area contributed by atoms with Crippen molar-refractivity contribution < 1.29 is 23.5 Å². The van der Waals surface area contributed by atoms with E-state index in [0.29, 0.717) is 5.56 Å². The number of nitrogens with one attached hydrogen (secondary N) is 1. The highest BCUT2D eigenvalue weighted by Crippen LogP contribution is 2.48. The second kappa shape index (κ2) is 5.66. The van der Waals surface area contributed by atoms with E-state index in [9.17, 15) is 18.8 Å². The van der Waals surface area contributed by atoms with Gasteiger partial charge in [0.15, 0.2) is 0 Å². The molecule has 0 bridgehead atoms. The molecule has 0 aromatic heterocycles. The van der Waals surface area contributed by atoms with Crippen LogP contribution in [0.2, 0.25) is 0 Å². The van der Waals surface area contributed by atoms with Crippen LogP contribution in [0.1, 0.15) is 25.5 Å². The maximum Gasteiger partial charge on any atom is 0.326 e. The summed E-state index contributed by atoms with van der Waals surface area (Å²) < 4.78 is 18.3. The standard InChI is InChI=1S/C17H19FN2O4/c1-4-24-16(23)17(2)12-11(14(21)20(3)15(12)22)13(19-17)9-5-7-10(18)8-6-9/h5-8,11-13,19H,4H2,1-3H3/t11-,12+,13-,17-/m0/s1. The Labute approximate surface area is 139 Å². The van der Waals surface area contributed by atoms with Gasteiger partial charge in [0.2, 0.25) is 11.8 Å². The number of rotatable bonds is 3. The van der Waals surface area contributed by atoms with E-state index in [2.05, 4.69) is 5.32 Å². The van der Waals surface area contributed by atoms with Gasteiger partial charge in [-0.05, 0) is 31.5 Å². The Morgan fingerprint density at radius 2 is 1.92 bits per heavy atom. The molecule has 0 spiro atoms. The van der Waals surface area contributed by atoms with Gasteiger partial charge in [-0.15, -0.1) is 0 Å². The van der Waals surface area contributed by atoms with Crippen molar-refractivity contribution in [2.45, 2.75) is 25.4 Å². The molecule has 1 aromatic rings. The molecule has 2 heterocycles. The molecule has 4 atom stereocenters. The van der Waals surface area contributed by atoms with E-state index in [1.54, 1.807) is 26.0 Å². The molecule has 0 saturated carbocycles. The van der Waals surface area contributed by atoms with E-state index in [1.165, 1.54) is 19.2 Å². The van der Waals surface area contributed by atoms with E-state index in [1.807, 2.05) is 0 Å². The summed E-state index contributed by atoms with van der Waals surface area (Å²) in [6.07, 6.45) is 0. The second-order valence-electron chi connectivity index (χ2n) is 6.34. The number of amides is 2. The lowest BCUT2D eigenvalue weighted by molar-refractivity contribution is -0.155. The van der Waals surface area contributed by atoms with Crippen LogP contribution in [0.25, 0.3) is 0 Å². The Bertz CT molecular complexity index is 705. The van der Waals surface area contributed by atoms with Crippen LogP contribution in [0.5, 0.6) is 0 Å². The predicted molar refractivity (Wildman–Crippen MR) is 82.1 cm³/mol. The molecule has 2 aliphatic rings. The van der Waals surface area contributed by atoms with Crippen LogP contribution in [-0.2, 0) is 19.1 Å². The number of fused-ring (bicyclic) bond motifs is 1. The van der Waals surface area contributed by atoms with Gasteiger partial charge in [-0.25, -0.2) is 4.39 Å². The molecule has 2 saturated heterocycles. The highest BCUT2D eigenvalue weighted by molar-refractivity contribution is 6.09. The van der Waals surface area contributed by atoms with E-state index in [0.717, 1.165) is 4.90 Å². The van der Waals surface area contributed by atoms with Crippen LogP contribution in [0.3, 0.4) is 0 Å². The molecule has 0 radical (unpaired) electrons. The monoisotopic (exact) mass is 334 g/mol. The molecule has 3 rings (SSSR count). The highest BCUT2D eigenvalue weighted by Gasteiger charge is 2.66. The van der Waals surface area contributed by atoms with Gasteiger partial charge < -0.3 is 4.74 Å². The van der Waals surface area contributed by atoms with Crippen molar-refractivity contribution in [2.24, 2.45) is 11.8 Å². The minimum Gasteiger partial charge on any atom is -0.465 e. The summed E-state index contributed by atoms with van der Waals surface area (Å²) >= 11 is 0.